The smallest absolute Gasteiger partial charge is 0.305 e. The van der Waals surface area contributed by atoms with Crippen molar-refractivity contribution in [1.29, 1.82) is 0 Å². The highest BCUT2D eigenvalue weighted by Crippen LogP contribution is 2.30. The molecule has 1 aromatic heterocycles. The molecule has 0 radical (unpaired) electrons. The van der Waals surface area contributed by atoms with Crippen molar-refractivity contribution in [1.82, 2.24) is 10.9 Å². The molecule has 0 atom stereocenters. The number of nitrogens with one attached hydrogen (secondary N) is 2. The molecule has 7 nitrogen and oxygen atoms in total. The first-order valence-electron chi connectivity index (χ1n) is 7.86. The van der Waals surface area contributed by atoms with Crippen molar-refractivity contribution in [2.24, 2.45) is 0 Å². The van der Waals surface area contributed by atoms with Crippen LogP contribution < -0.4 is 20.3 Å². The number of para-hydroxylation sites is 2. The molecule has 2 aromatic carbocycles. The monoisotopic (exact) mass is 354 g/mol. The molecule has 0 fully saturated rings. The van der Waals surface area contributed by atoms with E-state index in [1.54, 1.807) is 31.2 Å². The van der Waals surface area contributed by atoms with Gasteiger partial charge in [0, 0.05) is 10.9 Å². The number of hydrogen-bond donors (Lipinski definition) is 2. The van der Waals surface area contributed by atoms with Crippen LogP contribution in [0.5, 0.6) is 11.5 Å². The van der Waals surface area contributed by atoms with Gasteiger partial charge in [0.05, 0.1) is 19.8 Å². The summed E-state index contributed by atoms with van der Waals surface area (Å²) in [6.45, 7) is 1.79. The summed E-state index contributed by atoms with van der Waals surface area (Å²) in [4.78, 5) is 24.8. The molecular formula is C19H18N2O5. The molecule has 3 rings (SSSR count). The van der Waals surface area contributed by atoms with Gasteiger partial charge in [0.2, 0.25) is 0 Å². The second kappa shape index (κ2) is 7.18. The maximum absolute atomic E-state index is 12.4. The maximum atomic E-state index is 12.4. The summed E-state index contributed by atoms with van der Waals surface area (Å²) in [6, 6.07) is 12.2. The van der Waals surface area contributed by atoms with E-state index < -0.39 is 11.8 Å². The number of furan rings is 1. The lowest BCUT2D eigenvalue weighted by Gasteiger charge is -2.12. The van der Waals surface area contributed by atoms with Crippen molar-refractivity contribution < 1.29 is 23.5 Å². The number of benzene rings is 2. The normalized spacial score (nSPS) is 10.4. The predicted octanol–water partition coefficient (Wildman–Crippen LogP) is 2.83. The number of amides is 2. The minimum absolute atomic E-state index is 0.143. The Labute approximate surface area is 149 Å². The van der Waals surface area contributed by atoms with Crippen molar-refractivity contribution in [3.05, 3.63) is 59.4 Å². The summed E-state index contributed by atoms with van der Waals surface area (Å²) in [5, 5.41) is 0.846. The van der Waals surface area contributed by atoms with Crippen LogP contribution in [-0.2, 0) is 0 Å². The minimum Gasteiger partial charge on any atom is -0.493 e. The third-order valence-electron chi connectivity index (χ3n) is 3.99. The molecule has 2 N–H and O–H groups in total. The maximum Gasteiger partial charge on any atom is 0.305 e. The molecule has 0 spiro atoms. The van der Waals surface area contributed by atoms with Crippen LogP contribution in [0.25, 0.3) is 11.0 Å². The zero-order valence-corrected chi connectivity index (χ0v) is 14.6. The van der Waals surface area contributed by atoms with Crippen LogP contribution in [-0.4, -0.2) is 26.0 Å². The predicted molar refractivity (Wildman–Crippen MR) is 95.4 cm³/mol. The molecule has 3 aromatic rings. The van der Waals surface area contributed by atoms with Crippen LogP contribution in [0.3, 0.4) is 0 Å². The topological polar surface area (TPSA) is 89.8 Å². The second-order valence-electron chi connectivity index (χ2n) is 5.50. The number of methoxy groups -OCH3 is 2. The van der Waals surface area contributed by atoms with Crippen molar-refractivity contribution in [3.63, 3.8) is 0 Å². The van der Waals surface area contributed by atoms with Gasteiger partial charge in [0.1, 0.15) is 5.58 Å². The number of rotatable bonds is 4. The average molecular weight is 354 g/mol. The Hall–Kier alpha value is -3.48. The number of fused-ring (bicyclic) bond motifs is 1. The molecule has 0 saturated heterocycles. The Morgan fingerprint density at radius 2 is 1.65 bits per heavy atom. The van der Waals surface area contributed by atoms with Crippen molar-refractivity contribution >= 4 is 22.8 Å². The Morgan fingerprint density at radius 3 is 2.35 bits per heavy atom. The van der Waals surface area contributed by atoms with Gasteiger partial charge in [-0.25, -0.2) is 0 Å². The Balaban J connectivity index is 1.77. The molecule has 7 heteroatoms. The molecule has 0 bridgehead atoms. The molecule has 0 aliphatic heterocycles. The van der Waals surface area contributed by atoms with Gasteiger partial charge in [-0.15, -0.1) is 0 Å². The van der Waals surface area contributed by atoms with E-state index in [-0.39, 0.29) is 17.1 Å². The lowest BCUT2D eigenvalue weighted by molar-refractivity contribution is 0.0830. The highest BCUT2D eigenvalue weighted by atomic mass is 16.5. The fourth-order valence-electron chi connectivity index (χ4n) is 2.69. The number of hydrogen-bond acceptors (Lipinski definition) is 5. The van der Waals surface area contributed by atoms with E-state index in [0.717, 1.165) is 5.39 Å². The van der Waals surface area contributed by atoms with Crippen molar-refractivity contribution in [3.8, 4) is 11.5 Å². The number of ether oxygens (including phenoxy) is 2. The number of carbonyl (C=O) groups excluding carboxylic acids is 2. The van der Waals surface area contributed by atoms with E-state index in [9.17, 15) is 9.59 Å². The summed E-state index contributed by atoms with van der Waals surface area (Å²) in [7, 11) is 2.91. The van der Waals surface area contributed by atoms with Gasteiger partial charge in [-0.1, -0.05) is 24.3 Å². The van der Waals surface area contributed by atoms with Gasteiger partial charge < -0.3 is 13.9 Å². The fourth-order valence-corrected chi connectivity index (χ4v) is 2.69. The minimum atomic E-state index is -0.547. The fraction of sp³-hybridized carbons (Fsp3) is 0.158. The van der Waals surface area contributed by atoms with Crippen molar-refractivity contribution in [2.75, 3.05) is 14.2 Å². The molecule has 1 heterocycles. The van der Waals surface area contributed by atoms with Gasteiger partial charge in [-0.2, -0.15) is 0 Å². The first kappa shape index (κ1) is 17.3. The van der Waals surface area contributed by atoms with E-state index in [1.165, 1.54) is 14.2 Å². The molecule has 0 aliphatic carbocycles. The largest absolute Gasteiger partial charge is 0.493 e. The Kier molecular flexibility index (Phi) is 4.79. The third kappa shape index (κ3) is 3.06. The third-order valence-corrected chi connectivity index (χ3v) is 3.99. The van der Waals surface area contributed by atoms with Crippen LogP contribution in [0, 0.1) is 6.92 Å². The van der Waals surface area contributed by atoms with Crippen LogP contribution in [0.4, 0.5) is 0 Å². The number of aryl methyl sites for hydroxylation is 1. The standard InChI is InChI=1S/C19H18N2O5/c1-11-12-7-4-5-9-14(12)26-16(11)19(23)21-20-18(22)13-8-6-10-15(24-2)17(13)25-3/h4-10H,1-3H3,(H,20,22)(H,21,23). The first-order chi connectivity index (χ1) is 12.6. The molecule has 0 unspecified atom stereocenters. The Morgan fingerprint density at radius 1 is 0.923 bits per heavy atom. The van der Waals surface area contributed by atoms with Crippen molar-refractivity contribution in [2.45, 2.75) is 6.92 Å². The summed E-state index contributed by atoms with van der Waals surface area (Å²) in [6.07, 6.45) is 0. The first-order valence-corrected chi connectivity index (χ1v) is 7.86. The summed E-state index contributed by atoms with van der Waals surface area (Å²) in [5.74, 6) is -0.248. The van der Waals surface area contributed by atoms with Gasteiger partial charge in [-0.3, -0.25) is 20.4 Å². The van der Waals surface area contributed by atoms with Crippen LogP contribution in [0.1, 0.15) is 26.5 Å². The lowest BCUT2D eigenvalue weighted by atomic mass is 10.1. The van der Waals surface area contributed by atoms with Gasteiger partial charge in [-0.05, 0) is 25.1 Å². The number of carbonyl (C=O) groups is 2. The van der Waals surface area contributed by atoms with E-state index in [4.69, 9.17) is 13.9 Å². The quantitative estimate of drug-likeness (QED) is 0.703. The summed E-state index contributed by atoms with van der Waals surface area (Å²) >= 11 is 0. The lowest BCUT2D eigenvalue weighted by Crippen LogP contribution is -2.41. The molecule has 0 aliphatic rings. The molecular weight excluding hydrogens is 336 g/mol. The average Bonchev–Trinajstić information content (AvgIpc) is 3.02. The van der Waals surface area contributed by atoms with Crippen LogP contribution in [0.2, 0.25) is 0 Å². The summed E-state index contributed by atoms with van der Waals surface area (Å²) < 4.78 is 16.0. The zero-order valence-electron chi connectivity index (χ0n) is 14.6. The zero-order chi connectivity index (χ0) is 18.7. The highest BCUT2D eigenvalue weighted by Gasteiger charge is 2.20. The summed E-state index contributed by atoms with van der Waals surface area (Å²) in [5.41, 5.74) is 6.26. The van der Waals surface area contributed by atoms with E-state index in [1.807, 2.05) is 18.2 Å². The molecule has 2 amide bonds. The molecule has 26 heavy (non-hydrogen) atoms. The SMILES string of the molecule is COc1cccc(C(=O)NNC(=O)c2oc3ccccc3c2C)c1OC. The van der Waals surface area contributed by atoms with Crippen LogP contribution >= 0.6 is 0 Å². The number of hydrazine groups is 1. The van der Waals surface area contributed by atoms with Gasteiger partial charge >= 0.3 is 5.91 Å². The Bertz CT molecular complexity index is 977. The van der Waals surface area contributed by atoms with Gasteiger partial charge in [0.25, 0.3) is 5.91 Å². The highest BCUT2D eigenvalue weighted by molar-refractivity contribution is 6.02. The van der Waals surface area contributed by atoms with E-state index in [2.05, 4.69) is 10.9 Å². The van der Waals surface area contributed by atoms with E-state index in [0.29, 0.717) is 16.9 Å². The molecule has 0 saturated carbocycles. The second-order valence-corrected chi connectivity index (χ2v) is 5.50. The van der Waals surface area contributed by atoms with Crippen LogP contribution in [0.15, 0.2) is 46.9 Å². The van der Waals surface area contributed by atoms with Gasteiger partial charge in [0.15, 0.2) is 17.3 Å². The molecule has 134 valence electrons. The van der Waals surface area contributed by atoms with E-state index >= 15 is 0 Å².